The SMILES string of the molecule is CCC(NC(=O)c1ccc(Cn2ccnc2)cc1)c1ccc(OC)c(OC)c1. The first-order chi connectivity index (χ1) is 13.6. The van der Waals surface area contributed by atoms with Crippen LogP contribution in [0.1, 0.15) is 40.9 Å². The molecule has 0 saturated heterocycles. The fourth-order valence-electron chi connectivity index (χ4n) is 3.08. The second-order valence-corrected chi connectivity index (χ2v) is 6.48. The highest BCUT2D eigenvalue weighted by Gasteiger charge is 2.16. The van der Waals surface area contributed by atoms with Crippen LogP contribution in [0.15, 0.2) is 61.2 Å². The van der Waals surface area contributed by atoms with Crippen molar-refractivity contribution in [2.75, 3.05) is 14.2 Å². The summed E-state index contributed by atoms with van der Waals surface area (Å²) in [7, 11) is 3.21. The van der Waals surface area contributed by atoms with Gasteiger partial charge >= 0.3 is 0 Å². The highest BCUT2D eigenvalue weighted by atomic mass is 16.5. The summed E-state index contributed by atoms with van der Waals surface area (Å²) in [6.07, 6.45) is 6.20. The lowest BCUT2D eigenvalue weighted by atomic mass is 10.0. The molecular weight excluding hydrogens is 354 g/mol. The maximum atomic E-state index is 12.7. The van der Waals surface area contributed by atoms with Crippen LogP contribution >= 0.6 is 0 Å². The fourth-order valence-corrected chi connectivity index (χ4v) is 3.08. The van der Waals surface area contributed by atoms with Crippen molar-refractivity contribution in [1.82, 2.24) is 14.9 Å². The van der Waals surface area contributed by atoms with E-state index in [4.69, 9.17) is 9.47 Å². The number of nitrogens with one attached hydrogen (secondary N) is 1. The first-order valence-electron chi connectivity index (χ1n) is 9.22. The van der Waals surface area contributed by atoms with E-state index in [1.165, 1.54) is 0 Å². The average molecular weight is 379 g/mol. The lowest BCUT2D eigenvalue weighted by Crippen LogP contribution is -2.28. The standard InChI is InChI=1S/C22H25N3O3/c1-4-19(18-9-10-20(27-2)21(13-18)28-3)24-22(26)17-7-5-16(6-8-17)14-25-12-11-23-15-25/h5-13,15,19H,4,14H2,1-3H3,(H,24,26). The minimum atomic E-state index is -0.113. The zero-order chi connectivity index (χ0) is 19.9. The van der Waals surface area contributed by atoms with Crippen molar-refractivity contribution in [3.05, 3.63) is 77.9 Å². The van der Waals surface area contributed by atoms with Crippen molar-refractivity contribution in [3.8, 4) is 11.5 Å². The van der Waals surface area contributed by atoms with Crippen LogP contribution in [0.3, 0.4) is 0 Å². The number of hydrogen-bond donors (Lipinski definition) is 1. The molecular formula is C22H25N3O3. The summed E-state index contributed by atoms with van der Waals surface area (Å²) in [6.45, 7) is 2.76. The van der Waals surface area contributed by atoms with Gasteiger partial charge in [-0.1, -0.05) is 25.1 Å². The van der Waals surface area contributed by atoms with Crippen LogP contribution in [-0.4, -0.2) is 29.7 Å². The van der Waals surface area contributed by atoms with E-state index in [1.807, 2.05) is 60.2 Å². The summed E-state index contributed by atoms with van der Waals surface area (Å²) in [5.74, 6) is 1.22. The highest BCUT2D eigenvalue weighted by Crippen LogP contribution is 2.31. The van der Waals surface area contributed by atoms with E-state index in [1.54, 1.807) is 26.7 Å². The maximum absolute atomic E-state index is 12.7. The summed E-state index contributed by atoms with van der Waals surface area (Å²) >= 11 is 0. The number of carbonyl (C=O) groups is 1. The maximum Gasteiger partial charge on any atom is 0.251 e. The molecule has 146 valence electrons. The van der Waals surface area contributed by atoms with Gasteiger partial charge in [0.1, 0.15) is 0 Å². The molecule has 1 atom stereocenters. The smallest absolute Gasteiger partial charge is 0.251 e. The van der Waals surface area contributed by atoms with E-state index in [-0.39, 0.29) is 11.9 Å². The van der Waals surface area contributed by atoms with Crippen molar-refractivity contribution in [2.24, 2.45) is 0 Å². The molecule has 1 N–H and O–H groups in total. The number of hydrogen-bond acceptors (Lipinski definition) is 4. The van der Waals surface area contributed by atoms with Crippen molar-refractivity contribution in [1.29, 1.82) is 0 Å². The quantitative estimate of drug-likeness (QED) is 0.646. The molecule has 0 radical (unpaired) electrons. The van der Waals surface area contributed by atoms with E-state index < -0.39 is 0 Å². The molecule has 3 rings (SSSR count). The second-order valence-electron chi connectivity index (χ2n) is 6.48. The van der Waals surface area contributed by atoms with Crippen LogP contribution in [0.5, 0.6) is 11.5 Å². The molecule has 0 saturated carbocycles. The van der Waals surface area contributed by atoms with Gasteiger partial charge in [-0.15, -0.1) is 0 Å². The summed E-state index contributed by atoms with van der Waals surface area (Å²) in [5, 5.41) is 3.10. The summed E-state index contributed by atoms with van der Waals surface area (Å²) < 4.78 is 12.6. The molecule has 1 unspecified atom stereocenters. The number of amides is 1. The molecule has 3 aromatic rings. The highest BCUT2D eigenvalue weighted by molar-refractivity contribution is 5.94. The third-order valence-corrected chi connectivity index (χ3v) is 4.66. The number of methoxy groups -OCH3 is 2. The Morgan fingerprint density at radius 1 is 1.11 bits per heavy atom. The fraction of sp³-hybridized carbons (Fsp3) is 0.273. The van der Waals surface area contributed by atoms with Crippen LogP contribution in [0, 0.1) is 0 Å². The predicted molar refractivity (Wildman–Crippen MR) is 108 cm³/mol. The molecule has 1 amide bonds. The largest absolute Gasteiger partial charge is 0.493 e. The monoisotopic (exact) mass is 379 g/mol. The zero-order valence-corrected chi connectivity index (χ0v) is 16.4. The molecule has 28 heavy (non-hydrogen) atoms. The molecule has 0 aliphatic carbocycles. The lowest BCUT2D eigenvalue weighted by molar-refractivity contribution is 0.0935. The predicted octanol–water partition coefficient (Wildman–Crippen LogP) is 3.83. The van der Waals surface area contributed by atoms with Gasteiger partial charge < -0.3 is 19.4 Å². The Labute approximate surface area is 165 Å². The third kappa shape index (κ3) is 4.52. The van der Waals surface area contributed by atoms with E-state index in [0.717, 1.165) is 24.1 Å². The number of nitrogens with zero attached hydrogens (tertiary/aromatic N) is 2. The number of benzene rings is 2. The van der Waals surface area contributed by atoms with Gasteiger partial charge in [0.25, 0.3) is 5.91 Å². The van der Waals surface area contributed by atoms with Crippen molar-refractivity contribution >= 4 is 5.91 Å². The summed E-state index contributed by atoms with van der Waals surface area (Å²) in [6, 6.07) is 13.2. The number of aromatic nitrogens is 2. The Hall–Kier alpha value is -3.28. The molecule has 0 aliphatic rings. The number of ether oxygens (including phenoxy) is 2. The van der Waals surface area contributed by atoms with Gasteiger partial charge in [-0.05, 0) is 41.8 Å². The van der Waals surface area contributed by atoms with Gasteiger partial charge in [-0.2, -0.15) is 0 Å². The van der Waals surface area contributed by atoms with E-state index >= 15 is 0 Å². The van der Waals surface area contributed by atoms with Crippen molar-refractivity contribution < 1.29 is 14.3 Å². The first kappa shape index (κ1) is 19.5. The molecule has 0 spiro atoms. The Balaban J connectivity index is 1.70. The van der Waals surface area contributed by atoms with Crippen LogP contribution < -0.4 is 14.8 Å². The summed E-state index contributed by atoms with van der Waals surface area (Å²) in [5.41, 5.74) is 2.72. The normalized spacial score (nSPS) is 11.7. The minimum absolute atomic E-state index is 0.101. The first-order valence-corrected chi connectivity index (χ1v) is 9.22. The van der Waals surface area contributed by atoms with Crippen LogP contribution in [0.2, 0.25) is 0 Å². The van der Waals surface area contributed by atoms with E-state index in [9.17, 15) is 4.79 Å². The van der Waals surface area contributed by atoms with Crippen molar-refractivity contribution in [2.45, 2.75) is 25.9 Å². The van der Waals surface area contributed by atoms with Gasteiger partial charge in [0.05, 0.1) is 26.6 Å². The molecule has 2 aromatic carbocycles. The Morgan fingerprint density at radius 2 is 1.86 bits per heavy atom. The lowest BCUT2D eigenvalue weighted by Gasteiger charge is -2.19. The Bertz CT molecular complexity index is 905. The third-order valence-electron chi connectivity index (χ3n) is 4.66. The van der Waals surface area contributed by atoms with Crippen LogP contribution in [-0.2, 0) is 6.54 Å². The average Bonchev–Trinajstić information content (AvgIpc) is 3.24. The van der Waals surface area contributed by atoms with Crippen molar-refractivity contribution in [3.63, 3.8) is 0 Å². The minimum Gasteiger partial charge on any atom is -0.493 e. The van der Waals surface area contributed by atoms with Gasteiger partial charge in [0.2, 0.25) is 0 Å². The van der Waals surface area contributed by atoms with Gasteiger partial charge in [0, 0.05) is 24.5 Å². The zero-order valence-electron chi connectivity index (χ0n) is 16.4. The Kier molecular flexibility index (Phi) is 6.32. The molecule has 1 aromatic heterocycles. The van der Waals surface area contributed by atoms with Gasteiger partial charge in [0.15, 0.2) is 11.5 Å². The summed E-state index contributed by atoms with van der Waals surface area (Å²) in [4.78, 5) is 16.8. The van der Waals surface area contributed by atoms with Crippen LogP contribution in [0.25, 0.3) is 0 Å². The molecule has 6 heteroatoms. The molecule has 1 heterocycles. The topological polar surface area (TPSA) is 65.4 Å². The number of imidazole rings is 1. The number of rotatable bonds is 8. The van der Waals surface area contributed by atoms with E-state index in [2.05, 4.69) is 10.3 Å². The second kappa shape index (κ2) is 9.08. The number of carbonyl (C=O) groups excluding carboxylic acids is 1. The van der Waals surface area contributed by atoms with Crippen LogP contribution in [0.4, 0.5) is 0 Å². The molecule has 0 bridgehead atoms. The van der Waals surface area contributed by atoms with E-state index in [0.29, 0.717) is 17.1 Å². The van der Waals surface area contributed by atoms with Gasteiger partial charge in [-0.3, -0.25) is 4.79 Å². The van der Waals surface area contributed by atoms with Gasteiger partial charge in [-0.25, -0.2) is 4.98 Å². The molecule has 0 aliphatic heterocycles. The molecule has 6 nitrogen and oxygen atoms in total. The molecule has 0 fully saturated rings. The Morgan fingerprint density at radius 3 is 2.46 bits per heavy atom.